The fourth-order valence-corrected chi connectivity index (χ4v) is 6.65. The lowest BCUT2D eigenvalue weighted by Gasteiger charge is -2.51. The van der Waals surface area contributed by atoms with Crippen molar-refractivity contribution in [2.75, 3.05) is 0 Å². The van der Waals surface area contributed by atoms with E-state index in [1.165, 1.54) is 12.2 Å². The van der Waals surface area contributed by atoms with Crippen molar-refractivity contribution in [3.63, 3.8) is 0 Å². The molecule has 2 saturated carbocycles. The third-order valence-corrected chi connectivity index (χ3v) is 8.49. The monoisotopic (exact) mass is 488 g/mol. The number of nitrogens with zero attached hydrogens (tertiary/aromatic N) is 2. The minimum atomic E-state index is -0.709. The van der Waals surface area contributed by atoms with E-state index in [4.69, 9.17) is 9.47 Å². The van der Waals surface area contributed by atoms with Crippen LogP contribution < -0.4 is 10.6 Å². The Kier molecular flexibility index (Phi) is 6.09. The predicted octanol–water partition coefficient (Wildman–Crippen LogP) is 3.88. The van der Waals surface area contributed by atoms with Crippen LogP contribution in [0.25, 0.3) is 0 Å². The first-order chi connectivity index (χ1) is 17.5. The van der Waals surface area contributed by atoms with Crippen LogP contribution in [0.3, 0.4) is 0 Å². The highest BCUT2D eigenvalue weighted by Crippen LogP contribution is 2.47. The van der Waals surface area contributed by atoms with Crippen LogP contribution in [0, 0.1) is 11.8 Å². The quantitative estimate of drug-likeness (QED) is 0.467. The van der Waals surface area contributed by atoms with E-state index in [9.17, 15) is 9.59 Å². The van der Waals surface area contributed by atoms with E-state index in [-0.39, 0.29) is 12.1 Å². The lowest BCUT2D eigenvalue weighted by atomic mass is 9.72. The summed E-state index contributed by atoms with van der Waals surface area (Å²) >= 11 is 0. The summed E-state index contributed by atoms with van der Waals surface area (Å²) in [6.07, 6.45) is 16.7. The van der Waals surface area contributed by atoms with Crippen LogP contribution in [0.2, 0.25) is 0 Å². The number of hydrogen-bond donors (Lipinski definition) is 2. The van der Waals surface area contributed by atoms with E-state index >= 15 is 0 Å². The molecule has 8 nitrogen and oxygen atoms in total. The maximum atomic E-state index is 12.7. The standard InChI is InChI=1S/C28H32N4O4/c33-23(35-27-11-7-19(8-12-27)25(31-27)21-3-1-15-29-17-21)5-6-24(34)36-28-13-9-20(10-14-28)26(32-28)22-4-2-16-30-18-22/h1-6,15-20,25-26,31-32H,7-14H2/b6-5+. The Labute approximate surface area is 210 Å². The molecule has 0 aromatic carbocycles. The summed E-state index contributed by atoms with van der Waals surface area (Å²) in [5.41, 5.74) is 0.805. The van der Waals surface area contributed by atoms with Crippen LogP contribution in [0.5, 0.6) is 0 Å². The summed E-state index contributed by atoms with van der Waals surface area (Å²) in [5, 5.41) is 7.12. The highest BCUT2D eigenvalue weighted by Gasteiger charge is 2.49. The van der Waals surface area contributed by atoms with Crippen molar-refractivity contribution in [2.45, 2.75) is 74.9 Å². The fraction of sp³-hybridized carbons (Fsp3) is 0.500. The van der Waals surface area contributed by atoms with Crippen LogP contribution in [0.15, 0.2) is 61.2 Å². The maximum Gasteiger partial charge on any atom is 0.332 e. The Balaban J connectivity index is 1.07. The summed E-state index contributed by atoms with van der Waals surface area (Å²) in [6.45, 7) is 0. The highest BCUT2D eigenvalue weighted by molar-refractivity contribution is 5.92. The molecule has 0 amide bonds. The third-order valence-electron chi connectivity index (χ3n) is 8.49. The van der Waals surface area contributed by atoms with Crippen molar-refractivity contribution in [3.8, 4) is 0 Å². The first kappa shape index (κ1) is 23.3. The Bertz CT molecular complexity index is 1030. The number of piperidine rings is 4. The van der Waals surface area contributed by atoms with E-state index in [1.807, 2.05) is 24.5 Å². The van der Waals surface area contributed by atoms with Gasteiger partial charge < -0.3 is 9.47 Å². The number of hydrogen-bond acceptors (Lipinski definition) is 8. The number of carbonyl (C=O) groups is 2. The largest absolute Gasteiger partial charge is 0.441 e. The van der Waals surface area contributed by atoms with Gasteiger partial charge in [-0.3, -0.25) is 20.6 Å². The van der Waals surface area contributed by atoms with Crippen molar-refractivity contribution in [1.29, 1.82) is 0 Å². The molecule has 2 atom stereocenters. The lowest BCUT2D eigenvalue weighted by Crippen LogP contribution is -2.59. The second-order valence-electron chi connectivity index (χ2n) is 10.7. The van der Waals surface area contributed by atoms with Gasteiger partial charge in [0.2, 0.25) is 0 Å². The highest BCUT2D eigenvalue weighted by atomic mass is 16.6. The molecule has 36 heavy (non-hydrogen) atoms. The van der Waals surface area contributed by atoms with Gasteiger partial charge in [-0.15, -0.1) is 0 Å². The molecule has 8 rings (SSSR count). The zero-order valence-electron chi connectivity index (χ0n) is 20.3. The van der Waals surface area contributed by atoms with E-state index < -0.39 is 23.4 Å². The molecule has 2 aliphatic carbocycles. The number of aromatic nitrogens is 2. The van der Waals surface area contributed by atoms with E-state index in [2.05, 4.69) is 32.7 Å². The van der Waals surface area contributed by atoms with Gasteiger partial charge in [0, 0.05) is 74.7 Å². The summed E-state index contributed by atoms with van der Waals surface area (Å²) in [7, 11) is 0. The van der Waals surface area contributed by atoms with Crippen molar-refractivity contribution in [1.82, 2.24) is 20.6 Å². The average molecular weight is 489 g/mol. The first-order valence-electron chi connectivity index (χ1n) is 13.0. The minimum absolute atomic E-state index is 0.113. The van der Waals surface area contributed by atoms with Crippen molar-refractivity contribution >= 4 is 11.9 Å². The number of esters is 2. The molecule has 188 valence electrons. The molecular formula is C28H32N4O4. The normalized spacial score (nSPS) is 35.0. The minimum Gasteiger partial charge on any atom is -0.441 e. The molecule has 6 aliphatic rings. The molecule has 2 unspecified atom stereocenters. The first-order valence-corrected chi connectivity index (χ1v) is 13.0. The molecule has 0 spiro atoms. The molecule has 6 heterocycles. The molecule has 2 N–H and O–H groups in total. The molecule has 4 aliphatic heterocycles. The predicted molar refractivity (Wildman–Crippen MR) is 131 cm³/mol. The summed E-state index contributed by atoms with van der Waals surface area (Å²) < 4.78 is 11.8. The Hall–Kier alpha value is -3.10. The zero-order chi connectivity index (χ0) is 24.6. The Morgan fingerprint density at radius 1 is 0.750 bits per heavy atom. The second kappa shape index (κ2) is 9.41. The van der Waals surface area contributed by atoms with Crippen molar-refractivity contribution in [2.24, 2.45) is 11.8 Å². The van der Waals surface area contributed by atoms with Gasteiger partial charge >= 0.3 is 11.9 Å². The molecular weight excluding hydrogens is 456 g/mol. The SMILES string of the molecule is O=C(/C=C/C(=O)OC12CCC(CC1)C(c1cccnc1)N2)OC12CCC(CC1)C(c1cccnc1)N2. The number of nitrogens with one attached hydrogen (secondary N) is 2. The van der Waals surface area contributed by atoms with Crippen LogP contribution in [0.1, 0.15) is 74.6 Å². The van der Waals surface area contributed by atoms with Gasteiger partial charge in [0.15, 0.2) is 11.4 Å². The Morgan fingerprint density at radius 2 is 1.17 bits per heavy atom. The van der Waals surface area contributed by atoms with Gasteiger partial charge in [-0.25, -0.2) is 9.59 Å². The van der Waals surface area contributed by atoms with E-state index in [0.29, 0.717) is 11.8 Å². The van der Waals surface area contributed by atoms with Crippen LogP contribution in [-0.2, 0) is 19.1 Å². The van der Waals surface area contributed by atoms with Gasteiger partial charge in [0.1, 0.15) is 0 Å². The summed E-state index contributed by atoms with van der Waals surface area (Å²) in [5.74, 6) is -0.0483. The van der Waals surface area contributed by atoms with E-state index in [1.54, 1.807) is 12.4 Å². The number of carbonyl (C=O) groups excluding carboxylic acids is 2. The third kappa shape index (κ3) is 4.55. The van der Waals surface area contributed by atoms with Gasteiger partial charge in [-0.05, 0) is 60.8 Å². The molecule has 2 aromatic heterocycles. The lowest BCUT2D eigenvalue weighted by molar-refractivity contribution is -0.177. The fourth-order valence-electron chi connectivity index (χ4n) is 6.65. The van der Waals surface area contributed by atoms with E-state index in [0.717, 1.165) is 62.5 Å². The zero-order valence-corrected chi connectivity index (χ0v) is 20.3. The molecule has 2 aromatic rings. The number of pyridine rings is 2. The number of ether oxygens (including phenoxy) is 2. The van der Waals surface area contributed by atoms with Gasteiger partial charge in [-0.2, -0.15) is 0 Å². The smallest absolute Gasteiger partial charge is 0.332 e. The molecule has 4 bridgehead atoms. The topological polar surface area (TPSA) is 102 Å². The maximum absolute atomic E-state index is 12.7. The molecule has 8 heteroatoms. The number of fused-ring (bicyclic) bond motifs is 6. The molecule has 0 radical (unpaired) electrons. The van der Waals surface area contributed by atoms with Crippen LogP contribution in [0.4, 0.5) is 0 Å². The Morgan fingerprint density at radius 3 is 1.53 bits per heavy atom. The average Bonchev–Trinajstić information content (AvgIpc) is 2.93. The van der Waals surface area contributed by atoms with Crippen molar-refractivity contribution < 1.29 is 19.1 Å². The molecule has 6 fully saturated rings. The second-order valence-corrected chi connectivity index (χ2v) is 10.7. The van der Waals surface area contributed by atoms with Crippen LogP contribution >= 0.6 is 0 Å². The van der Waals surface area contributed by atoms with Gasteiger partial charge in [0.25, 0.3) is 0 Å². The number of rotatable bonds is 6. The van der Waals surface area contributed by atoms with Gasteiger partial charge in [0.05, 0.1) is 0 Å². The van der Waals surface area contributed by atoms with Crippen molar-refractivity contribution in [3.05, 3.63) is 72.3 Å². The summed E-state index contributed by atoms with van der Waals surface area (Å²) in [4.78, 5) is 34.0. The molecule has 4 saturated heterocycles. The van der Waals surface area contributed by atoms with Gasteiger partial charge in [-0.1, -0.05) is 12.1 Å². The van der Waals surface area contributed by atoms with Crippen LogP contribution in [-0.4, -0.2) is 33.4 Å². The summed E-state index contributed by atoms with van der Waals surface area (Å²) in [6, 6.07) is 8.20.